The van der Waals surface area contributed by atoms with Gasteiger partial charge in [-0.1, -0.05) is 38.5 Å². The van der Waals surface area contributed by atoms with Crippen molar-refractivity contribution in [3.63, 3.8) is 0 Å². The molecule has 0 amide bonds. The Bertz CT molecular complexity index is 1520. The van der Waals surface area contributed by atoms with Gasteiger partial charge in [0.1, 0.15) is 25.1 Å². The average molecular weight is 802 g/mol. The molecule has 0 bridgehead atoms. The molecule has 12 atom stereocenters. The zero-order valence-corrected chi connectivity index (χ0v) is 34.6. The van der Waals surface area contributed by atoms with Gasteiger partial charge in [0, 0.05) is 44.9 Å². The van der Waals surface area contributed by atoms with Crippen molar-refractivity contribution in [3.05, 3.63) is 23.8 Å². The Morgan fingerprint density at radius 3 is 2.11 bits per heavy atom. The minimum atomic E-state index is -4.22. The van der Waals surface area contributed by atoms with Crippen LogP contribution in [0.3, 0.4) is 0 Å². The molecule has 1 fully saturated rings. The molecule has 0 aromatic heterocycles. The van der Waals surface area contributed by atoms with Crippen LogP contribution in [0.1, 0.15) is 81.1 Å². The van der Waals surface area contributed by atoms with Gasteiger partial charge in [0.15, 0.2) is 18.2 Å². The van der Waals surface area contributed by atoms with Gasteiger partial charge in [0.05, 0.1) is 37.0 Å². The van der Waals surface area contributed by atoms with Crippen LogP contribution in [-0.2, 0) is 71.5 Å². The summed E-state index contributed by atoms with van der Waals surface area (Å²) in [7, 11) is -0.841. The van der Waals surface area contributed by atoms with E-state index in [2.05, 4.69) is 0 Å². The minimum absolute atomic E-state index is 0.0659. The molecule has 0 saturated carbocycles. The Morgan fingerprint density at radius 1 is 0.964 bits per heavy atom. The van der Waals surface area contributed by atoms with E-state index >= 15 is 0 Å². The Balaban J connectivity index is 2.81. The standard InChI is InChI=1S/C38H59NO15S/c1-12-31-29(20-48-25(6)41)17-21(2)13-14-30(44)22(3)18-28(15-16-40)35(23(4)32(19-33(45)52-31)54-55(11,46)47)53-38-37(51-27(8)43)34(39(9)10)36(24(5)49-38)50-26(7)42/h13-14,16-17,22-24,28-29,31-32,34-38H,12,15,18-20H2,1-11H3/b14-13+,21-17+/t22-,23+,24-,28+,29-,31-,32-,34+,35-,36-,37-,38+/m1/s1. The number of nitrogens with zero attached hydrogens (tertiary/aromatic N) is 1. The lowest BCUT2D eigenvalue weighted by Gasteiger charge is -2.48. The highest BCUT2D eigenvalue weighted by Gasteiger charge is 2.52. The first-order chi connectivity index (χ1) is 25.6. The molecule has 16 nitrogen and oxygen atoms in total. The summed E-state index contributed by atoms with van der Waals surface area (Å²) in [6.45, 7) is 11.9. The molecule has 0 spiro atoms. The summed E-state index contributed by atoms with van der Waals surface area (Å²) >= 11 is 0. The molecule has 0 N–H and O–H groups in total. The van der Waals surface area contributed by atoms with Crippen molar-refractivity contribution < 1.29 is 69.8 Å². The lowest BCUT2D eigenvalue weighted by molar-refractivity contribution is -0.307. The molecule has 55 heavy (non-hydrogen) atoms. The predicted octanol–water partition coefficient (Wildman–Crippen LogP) is 3.10. The molecule has 2 aliphatic rings. The van der Waals surface area contributed by atoms with Gasteiger partial charge in [-0.05, 0) is 52.8 Å². The second-order valence-electron chi connectivity index (χ2n) is 14.7. The van der Waals surface area contributed by atoms with Crippen molar-refractivity contribution in [3.8, 4) is 0 Å². The SMILES string of the molecule is CC[C@H]1OC(=O)C[C@@H](OS(C)(=O)=O)[C@H](C)[C@@H](O[C@@H]2O[C@H](C)[C@@H](OC(C)=O)[C@H](N(C)C)[C@H]2OC(C)=O)[C@@H](CC=O)C[C@@H](C)C(=O)/C=C/C(C)=C/[C@@H]1COC(C)=O. The number of carbonyl (C=O) groups excluding carboxylic acids is 6. The third kappa shape index (κ3) is 15.2. The van der Waals surface area contributed by atoms with Gasteiger partial charge >= 0.3 is 23.9 Å². The summed E-state index contributed by atoms with van der Waals surface area (Å²) in [5, 5.41) is 0. The number of cyclic esters (lactones) is 1. The van der Waals surface area contributed by atoms with Gasteiger partial charge in [-0.15, -0.1) is 0 Å². The number of likely N-dealkylation sites (N-methyl/N-ethyl adjacent to an activating group) is 1. The number of carbonyl (C=O) groups is 6. The van der Waals surface area contributed by atoms with Crippen LogP contribution in [-0.4, -0.2) is 125 Å². The molecule has 1 saturated heterocycles. The Hall–Kier alpha value is -3.51. The van der Waals surface area contributed by atoms with Gasteiger partial charge in [-0.3, -0.25) is 33.1 Å². The van der Waals surface area contributed by atoms with Crippen LogP contribution in [0, 0.1) is 23.7 Å². The van der Waals surface area contributed by atoms with E-state index in [1.54, 1.807) is 65.8 Å². The van der Waals surface area contributed by atoms with Crippen LogP contribution in [0.5, 0.6) is 0 Å². The zero-order chi connectivity index (χ0) is 41.8. The van der Waals surface area contributed by atoms with Gasteiger partial charge in [0.25, 0.3) is 10.1 Å². The van der Waals surface area contributed by atoms with Gasteiger partial charge < -0.3 is 33.2 Å². The molecule has 17 heteroatoms. The number of rotatable bonds is 12. The predicted molar refractivity (Wildman–Crippen MR) is 197 cm³/mol. The van der Waals surface area contributed by atoms with Crippen molar-refractivity contribution in [1.29, 1.82) is 0 Å². The number of ketones is 1. The fourth-order valence-electron chi connectivity index (χ4n) is 7.09. The molecule has 0 aliphatic carbocycles. The lowest BCUT2D eigenvalue weighted by Crippen LogP contribution is -2.65. The van der Waals surface area contributed by atoms with Crippen molar-refractivity contribution in [1.82, 2.24) is 4.90 Å². The van der Waals surface area contributed by atoms with E-state index in [1.807, 2.05) is 0 Å². The summed E-state index contributed by atoms with van der Waals surface area (Å²) in [5.41, 5.74) is 0.624. The maximum atomic E-state index is 13.7. The maximum Gasteiger partial charge on any atom is 0.308 e. The molecular weight excluding hydrogens is 742 g/mol. The highest BCUT2D eigenvalue weighted by atomic mass is 32.2. The van der Waals surface area contributed by atoms with E-state index in [4.69, 9.17) is 32.6 Å². The van der Waals surface area contributed by atoms with Crippen LogP contribution in [0.15, 0.2) is 23.8 Å². The Kier molecular flexibility index (Phi) is 18.8. The molecule has 2 aliphatic heterocycles. The van der Waals surface area contributed by atoms with Crippen molar-refractivity contribution in [2.75, 3.05) is 27.0 Å². The molecule has 312 valence electrons. The van der Waals surface area contributed by atoms with E-state index in [1.165, 1.54) is 26.8 Å². The number of allylic oxidation sites excluding steroid dienone is 3. The van der Waals surface area contributed by atoms with Crippen LogP contribution in [0.2, 0.25) is 0 Å². The van der Waals surface area contributed by atoms with Gasteiger partial charge in [0.2, 0.25) is 0 Å². The lowest BCUT2D eigenvalue weighted by atomic mass is 9.79. The quantitative estimate of drug-likeness (QED) is 0.120. The number of aldehydes is 1. The van der Waals surface area contributed by atoms with E-state index in [9.17, 15) is 37.2 Å². The summed E-state index contributed by atoms with van der Waals surface area (Å²) in [4.78, 5) is 77.5. The second kappa shape index (κ2) is 21.7. The Labute approximate surface area is 324 Å². The summed E-state index contributed by atoms with van der Waals surface area (Å²) in [6, 6.07) is -0.793. The highest BCUT2D eigenvalue weighted by Crippen LogP contribution is 2.37. The summed E-state index contributed by atoms with van der Waals surface area (Å²) < 4.78 is 66.4. The molecule has 0 unspecified atom stereocenters. The fourth-order valence-corrected chi connectivity index (χ4v) is 7.78. The Morgan fingerprint density at radius 2 is 1.58 bits per heavy atom. The average Bonchev–Trinajstić information content (AvgIpc) is 3.06. The van der Waals surface area contributed by atoms with Crippen LogP contribution in [0.25, 0.3) is 0 Å². The molecule has 2 rings (SSSR count). The van der Waals surface area contributed by atoms with Gasteiger partial charge in [-0.25, -0.2) is 0 Å². The number of esters is 4. The largest absolute Gasteiger partial charge is 0.465 e. The van der Waals surface area contributed by atoms with E-state index in [-0.39, 0.29) is 31.7 Å². The second-order valence-corrected chi connectivity index (χ2v) is 16.3. The zero-order valence-electron chi connectivity index (χ0n) is 33.8. The van der Waals surface area contributed by atoms with E-state index in [0.29, 0.717) is 11.9 Å². The third-order valence-electron chi connectivity index (χ3n) is 9.65. The first-order valence-electron chi connectivity index (χ1n) is 18.4. The van der Waals surface area contributed by atoms with Crippen LogP contribution in [0.4, 0.5) is 0 Å². The third-order valence-corrected chi connectivity index (χ3v) is 10.2. The topological polar surface area (TPSA) is 204 Å². The molecule has 2 heterocycles. The van der Waals surface area contributed by atoms with Crippen LogP contribution >= 0.6 is 0 Å². The fraction of sp³-hybridized carbons (Fsp3) is 0.737. The van der Waals surface area contributed by atoms with E-state index < -0.39 is 113 Å². The molecule has 0 radical (unpaired) electrons. The number of hydrogen-bond acceptors (Lipinski definition) is 16. The number of hydrogen-bond donors (Lipinski definition) is 0. The monoisotopic (exact) mass is 801 g/mol. The van der Waals surface area contributed by atoms with Crippen molar-refractivity contribution in [2.24, 2.45) is 23.7 Å². The molecule has 0 aromatic carbocycles. The normalized spacial score (nSPS) is 34.4. The van der Waals surface area contributed by atoms with Crippen LogP contribution < -0.4 is 0 Å². The summed E-state index contributed by atoms with van der Waals surface area (Å²) in [5.74, 6) is -6.05. The molecule has 0 aromatic rings. The highest BCUT2D eigenvalue weighted by molar-refractivity contribution is 7.86. The van der Waals surface area contributed by atoms with E-state index in [0.717, 1.165) is 6.26 Å². The first-order valence-corrected chi connectivity index (χ1v) is 20.3. The minimum Gasteiger partial charge on any atom is -0.465 e. The number of ether oxygens (including phenoxy) is 6. The molecular formula is C38H59NO15S. The first kappa shape index (κ1) is 47.6. The van der Waals surface area contributed by atoms with Gasteiger partial charge in [-0.2, -0.15) is 8.42 Å². The van der Waals surface area contributed by atoms with Crippen molar-refractivity contribution >= 4 is 46.1 Å². The summed E-state index contributed by atoms with van der Waals surface area (Å²) in [6.07, 6.45) is -1.91. The smallest absolute Gasteiger partial charge is 0.308 e. The van der Waals surface area contributed by atoms with Crippen molar-refractivity contribution in [2.45, 2.75) is 130 Å². The maximum absolute atomic E-state index is 13.7.